The van der Waals surface area contributed by atoms with Gasteiger partial charge in [-0.05, 0) is 50.2 Å². The lowest BCUT2D eigenvalue weighted by molar-refractivity contribution is -0.145. The van der Waals surface area contributed by atoms with E-state index in [0.717, 1.165) is 19.3 Å². The number of anilines is 1. The summed E-state index contributed by atoms with van der Waals surface area (Å²) < 4.78 is 12.1. The van der Waals surface area contributed by atoms with E-state index in [1.165, 1.54) is 23.2 Å². The number of nitrogens with zero attached hydrogens (tertiary/aromatic N) is 3. The highest BCUT2D eigenvalue weighted by Crippen LogP contribution is 2.45. The third-order valence-electron chi connectivity index (χ3n) is 10.9. The molecule has 5 N–H and O–H groups in total. The number of fused-ring (bicyclic) bond motifs is 3. The molecule has 0 spiro atoms. The zero-order chi connectivity index (χ0) is 40.4. The van der Waals surface area contributed by atoms with E-state index in [1.807, 2.05) is 45.9 Å². The predicted molar refractivity (Wildman–Crippen MR) is 211 cm³/mol. The summed E-state index contributed by atoms with van der Waals surface area (Å²) in [7, 11) is 1.55. The van der Waals surface area contributed by atoms with Crippen molar-refractivity contribution < 1.29 is 38.6 Å². The number of carbonyl (C=O) groups excluding carboxylic acids is 4. The van der Waals surface area contributed by atoms with E-state index >= 15 is 0 Å². The maximum Gasteiger partial charge on any atom is 0.330 e. The van der Waals surface area contributed by atoms with Crippen LogP contribution < -0.4 is 30.7 Å². The number of carboxylic acids is 1. The van der Waals surface area contributed by atoms with Crippen molar-refractivity contribution in [3.05, 3.63) is 41.8 Å². The highest BCUT2D eigenvalue weighted by atomic mass is 32.1. The van der Waals surface area contributed by atoms with E-state index in [2.05, 4.69) is 26.3 Å². The number of aliphatic carboxylic acids is 1. The van der Waals surface area contributed by atoms with Crippen molar-refractivity contribution in [2.45, 2.75) is 109 Å². The molecule has 5 amide bonds. The normalized spacial score (nSPS) is 25.4. The minimum atomic E-state index is -1.47. The van der Waals surface area contributed by atoms with Crippen molar-refractivity contribution in [1.82, 2.24) is 30.8 Å². The molecule has 2 aromatic heterocycles. The number of allylic oxidation sites excluding steroid dienone is 1. The molecule has 16 heteroatoms. The standard InChI is InChI=1S/C40H51N7O8S/c1-22(39(3,4)5)41-37(53)44-28-13-11-9-7-8-10-12-24-19-40(24,36(51)52)46-34(49)32-17-26(20-47(32)35(28)50)55-33-18-30(31-21-56-38(45-31)42-23(2)48)43-29-16-25(54-6)14-15-27(29)33/h10,12,14-16,18,21-22,24,26,28,32H,7-9,11,13,17,19-20H2,1-6H3,(H,46,49)(H,51,52)(H2,41,44,53)(H,42,45,48)/b12-10-/t22-,24-,26+,28-,32-,40+/m0/s1. The van der Waals surface area contributed by atoms with Crippen molar-refractivity contribution in [2.75, 3.05) is 19.0 Å². The average molecular weight is 790 g/mol. The minimum Gasteiger partial charge on any atom is -0.497 e. The second kappa shape index (κ2) is 16.5. The Bertz CT molecular complexity index is 2030. The highest BCUT2D eigenvalue weighted by molar-refractivity contribution is 7.14. The quantitative estimate of drug-likeness (QED) is 0.188. The molecule has 1 saturated heterocycles. The van der Waals surface area contributed by atoms with E-state index in [9.17, 15) is 29.1 Å². The second-order valence-corrected chi connectivity index (χ2v) is 16.8. The van der Waals surface area contributed by atoms with Crippen LogP contribution in [-0.4, -0.2) is 93.1 Å². The van der Waals surface area contributed by atoms with E-state index in [4.69, 9.17) is 14.5 Å². The van der Waals surface area contributed by atoms with Crippen LogP contribution >= 0.6 is 11.3 Å². The van der Waals surface area contributed by atoms with E-state index in [1.54, 1.807) is 30.7 Å². The molecule has 56 heavy (non-hydrogen) atoms. The third kappa shape index (κ3) is 9.06. The van der Waals surface area contributed by atoms with Crippen molar-refractivity contribution in [1.29, 1.82) is 0 Å². The van der Waals surface area contributed by atoms with Crippen molar-refractivity contribution >= 4 is 57.1 Å². The zero-order valence-electron chi connectivity index (χ0n) is 32.6. The first-order chi connectivity index (χ1) is 26.6. The second-order valence-electron chi connectivity index (χ2n) is 16.0. The summed E-state index contributed by atoms with van der Waals surface area (Å²) in [6.45, 7) is 9.32. The van der Waals surface area contributed by atoms with Gasteiger partial charge < -0.3 is 40.7 Å². The molecule has 1 saturated carbocycles. The summed E-state index contributed by atoms with van der Waals surface area (Å²) in [4.78, 5) is 77.1. The van der Waals surface area contributed by atoms with Crippen molar-refractivity contribution in [3.8, 4) is 22.9 Å². The van der Waals surface area contributed by atoms with Gasteiger partial charge in [0.2, 0.25) is 17.7 Å². The largest absolute Gasteiger partial charge is 0.497 e. The first kappa shape index (κ1) is 40.4. The minimum absolute atomic E-state index is 0.00278. The topological polar surface area (TPSA) is 201 Å². The number of carboxylic acid groups (broad SMARTS) is 1. The fraction of sp³-hybridized carbons (Fsp3) is 0.525. The number of aromatic nitrogens is 2. The molecule has 3 aromatic rings. The van der Waals surface area contributed by atoms with Gasteiger partial charge in [0.25, 0.3) is 0 Å². The maximum atomic E-state index is 14.6. The molecule has 1 aromatic carbocycles. The van der Waals surface area contributed by atoms with Gasteiger partial charge in [-0.3, -0.25) is 14.4 Å². The number of pyridine rings is 1. The van der Waals surface area contributed by atoms with Gasteiger partial charge in [0, 0.05) is 48.2 Å². The van der Waals surface area contributed by atoms with Gasteiger partial charge in [0.1, 0.15) is 40.9 Å². The van der Waals surface area contributed by atoms with Crippen LogP contribution in [0.1, 0.15) is 79.6 Å². The molecule has 4 heterocycles. The fourth-order valence-electron chi connectivity index (χ4n) is 7.07. The SMILES string of the molecule is COc1ccc2c(O[C@@H]3C[C@H]4C(=O)N[C@]5(C(=O)O)C[C@@H]5/C=C\CCCCC[C@H](NC(=O)N[C@@H](C)C(C)(C)C)C(=O)N4C3)cc(-c3csc(NC(C)=O)n3)nc2c1. The Morgan fingerprint density at radius 2 is 1.89 bits per heavy atom. The third-order valence-corrected chi connectivity index (χ3v) is 11.7. The smallest absolute Gasteiger partial charge is 0.330 e. The van der Waals surface area contributed by atoms with Crippen molar-refractivity contribution in [3.63, 3.8) is 0 Å². The summed E-state index contributed by atoms with van der Waals surface area (Å²) in [5.74, 6) is -1.81. The Morgan fingerprint density at radius 3 is 2.61 bits per heavy atom. The van der Waals surface area contributed by atoms with Gasteiger partial charge in [0.05, 0.1) is 24.9 Å². The Balaban J connectivity index is 1.34. The van der Waals surface area contributed by atoms with Crippen LogP contribution in [0.3, 0.4) is 0 Å². The summed E-state index contributed by atoms with van der Waals surface area (Å²) in [6, 6.07) is 4.37. The molecule has 2 fully saturated rings. The van der Waals surface area contributed by atoms with Crippen LogP contribution in [0.25, 0.3) is 22.3 Å². The number of carbonyl (C=O) groups is 5. The average Bonchev–Trinajstić information content (AvgIpc) is 3.40. The van der Waals surface area contributed by atoms with Crippen LogP contribution in [0, 0.1) is 11.3 Å². The fourth-order valence-corrected chi connectivity index (χ4v) is 7.82. The number of ether oxygens (including phenoxy) is 2. The molecule has 2 aliphatic heterocycles. The Morgan fingerprint density at radius 1 is 1.11 bits per heavy atom. The summed E-state index contributed by atoms with van der Waals surface area (Å²) in [5.41, 5.74) is -0.187. The molecular formula is C40H51N7O8S. The van der Waals surface area contributed by atoms with Crippen LogP contribution in [0.2, 0.25) is 0 Å². The first-order valence-corrected chi connectivity index (χ1v) is 19.9. The summed E-state index contributed by atoms with van der Waals surface area (Å²) in [6.07, 6.45) is 6.80. The Labute approximate surface area is 330 Å². The lowest BCUT2D eigenvalue weighted by atomic mass is 9.88. The number of hydrogen-bond donors (Lipinski definition) is 5. The monoisotopic (exact) mass is 789 g/mol. The number of methoxy groups -OCH3 is 1. The number of urea groups is 1. The first-order valence-electron chi connectivity index (χ1n) is 19.1. The molecule has 1 aliphatic carbocycles. The molecule has 0 radical (unpaired) electrons. The van der Waals surface area contributed by atoms with E-state index in [-0.39, 0.29) is 42.7 Å². The van der Waals surface area contributed by atoms with Gasteiger partial charge in [-0.1, -0.05) is 45.8 Å². The number of amides is 5. The maximum absolute atomic E-state index is 14.6. The van der Waals surface area contributed by atoms with Crippen LogP contribution in [0.5, 0.6) is 11.5 Å². The lowest BCUT2D eigenvalue weighted by Gasteiger charge is -2.31. The summed E-state index contributed by atoms with van der Waals surface area (Å²) >= 11 is 1.25. The van der Waals surface area contributed by atoms with Crippen LogP contribution in [0.15, 0.2) is 41.8 Å². The molecule has 15 nitrogen and oxygen atoms in total. The molecule has 6 rings (SSSR count). The summed E-state index contributed by atoms with van der Waals surface area (Å²) in [5, 5.41) is 24.4. The number of nitrogens with one attached hydrogen (secondary N) is 4. The molecule has 3 aliphatic rings. The van der Waals surface area contributed by atoms with E-state index in [0.29, 0.717) is 51.8 Å². The predicted octanol–water partition coefficient (Wildman–Crippen LogP) is 5.26. The number of hydrogen-bond acceptors (Lipinski definition) is 10. The molecule has 300 valence electrons. The number of rotatable bonds is 8. The lowest BCUT2D eigenvalue weighted by Crippen LogP contribution is -2.58. The zero-order valence-corrected chi connectivity index (χ0v) is 33.5. The number of benzene rings is 1. The Kier molecular flexibility index (Phi) is 11.9. The van der Waals surface area contributed by atoms with Gasteiger partial charge in [-0.15, -0.1) is 11.3 Å². The van der Waals surface area contributed by atoms with Crippen LogP contribution in [0.4, 0.5) is 9.93 Å². The van der Waals surface area contributed by atoms with Crippen LogP contribution in [-0.2, 0) is 19.2 Å². The Hall–Kier alpha value is -5.25. The van der Waals surface area contributed by atoms with Gasteiger partial charge in [-0.2, -0.15) is 0 Å². The van der Waals surface area contributed by atoms with Gasteiger partial charge >= 0.3 is 12.0 Å². The molecular weight excluding hydrogens is 739 g/mol. The van der Waals surface area contributed by atoms with Gasteiger partial charge in [0.15, 0.2) is 5.13 Å². The molecule has 0 bridgehead atoms. The molecule has 0 unspecified atom stereocenters. The molecule has 6 atom stereocenters. The van der Waals surface area contributed by atoms with Crippen molar-refractivity contribution in [2.24, 2.45) is 11.3 Å². The highest BCUT2D eigenvalue weighted by Gasteiger charge is 2.61. The van der Waals surface area contributed by atoms with Gasteiger partial charge in [-0.25, -0.2) is 19.6 Å². The number of thiazole rings is 1. The van der Waals surface area contributed by atoms with E-state index < -0.39 is 47.5 Å².